The SMILES string of the molecule is COC(=O)[C@H](CC(C)C)NC(=O)C[C@](C)(N[S@](=O)C(C)(C)C)C(F)(F)F. The Morgan fingerprint density at radius 2 is 1.62 bits per heavy atom. The van der Waals surface area contributed by atoms with E-state index in [2.05, 4.69) is 10.1 Å². The predicted octanol–water partition coefficient (Wildman–Crippen LogP) is 2.45. The van der Waals surface area contributed by atoms with E-state index >= 15 is 0 Å². The number of amides is 1. The van der Waals surface area contributed by atoms with Crippen LogP contribution in [0.4, 0.5) is 13.2 Å². The molecule has 10 heteroatoms. The van der Waals surface area contributed by atoms with Crippen LogP contribution in [0.2, 0.25) is 0 Å². The minimum atomic E-state index is -4.83. The number of ether oxygens (including phenoxy) is 1. The summed E-state index contributed by atoms with van der Waals surface area (Å²) in [5.74, 6) is -1.70. The number of alkyl halides is 3. The zero-order valence-electron chi connectivity index (χ0n) is 16.2. The van der Waals surface area contributed by atoms with E-state index in [-0.39, 0.29) is 12.3 Å². The standard InChI is InChI=1S/C16H29F3N2O4S/c1-10(2)8-11(13(23)25-7)20-12(22)9-15(6,16(17,18)19)21-26(24)14(3,4)5/h10-11,21H,8-9H2,1-7H3,(H,20,22)/t11-,15-,26+/m0/s1. The van der Waals surface area contributed by atoms with Gasteiger partial charge in [0, 0.05) is 0 Å². The van der Waals surface area contributed by atoms with Gasteiger partial charge in [-0.2, -0.15) is 13.2 Å². The second-order valence-electron chi connectivity index (χ2n) is 7.76. The Bertz CT molecular complexity index is 533. The van der Waals surface area contributed by atoms with Crippen LogP contribution in [0.25, 0.3) is 0 Å². The van der Waals surface area contributed by atoms with Gasteiger partial charge in [-0.15, -0.1) is 0 Å². The molecule has 154 valence electrons. The normalized spacial score (nSPS) is 17.3. The molecule has 0 heterocycles. The van der Waals surface area contributed by atoms with E-state index in [0.717, 1.165) is 14.0 Å². The molecule has 0 radical (unpaired) electrons. The molecular weight excluding hydrogens is 373 g/mol. The molecule has 0 aromatic carbocycles. The smallest absolute Gasteiger partial charge is 0.407 e. The Balaban J connectivity index is 5.36. The van der Waals surface area contributed by atoms with Crippen LogP contribution >= 0.6 is 0 Å². The van der Waals surface area contributed by atoms with Crippen LogP contribution < -0.4 is 10.0 Å². The van der Waals surface area contributed by atoms with Gasteiger partial charge in [0.1, 0.15) is 11.6 Å². The molecule has 0 rings (SSSR count). The average molecular weight is 402 g/mol. The van der Waals surface area contributed by atoms with Gasteiger partial charge in [0.25, 0.3) is 0 Å². The molecule has 0 aromatic rings. The van der Waals surface area contributed by atoms with Gasteiger partial charge in [-0.1, -0.05) is 13.8 Å². The molecule has 1 amide bonds. The number of hydrogen-bond donors (Lipinski definition) is 2. The highest BCUT2D eigenvalue weighted by Crippen LogP contribution is 2.34. The van der Waals surface area contributed by atoms with Gasteiger partial charge < -0.3 is 10.1 Å². The lowest BCUT2D eigenvalue weighted by Crippen LogP contribution is -2.60. The lowest BCUT2D eigenvalue weighted by atomic mass is 9.97. The third-order valence-electron chi connectivity index (χ3n) is 3.54. The molecule has 0 unspecified atom stereocenters. The van der Waals surface area contributed by atoms with Crippen LogP contribution in [0.1, 0.15) is 54.4 Å². The van der Waals surface area contributed by atoms with Gasteiger partial charge in [0.2, 0.25) is 5.91 Å². The molecule has 0 saturated carbocycles. The molecule has 0 bridgehead atoms. The van der Waals surface area contributed by atoms with Crippen LogP contribution in [0.15, 0.2) is 0 Å². The summed E-state index contributed by atoms with van der Waals surface area (Å²) in [7, 11) is -0.909. The molecule has 0 fully saturated rings. The highest BCUT2D eigenvalue weighted by atomic mass is 32.2. The lowest BCUT2D eigenvalue weighted by Gasteiger charge is -2.34. The summed E-state index contributed by atoms with van der Waals surface area (Å²) in [6.07, 6.45) is -5.63. The second kappa shape index (κ2) is 9.16. The van der Waals surface area contributed by atoms with Crippen molar-refractivity contribution in [1.82, 2.24) is 10.0 Å². The molecule has 2 N–H and O–H groups in total. The number of methoxy groups -OCH3 is 1. The molecular formula is C16H29F3N2O4S. The van der Waals surface area contributed by atoms with Gasteiger partial charge >= 0.3 is 12.1 Å². The van der Waals surface area contributed by atoms with E-state index in [4.69, 9.17) is 0 Å². The van der Waals surface area contributed by atoms with E-state index in [1.54, 1.807) is 13.8 Å². The third kappa shape index (κ3) is 7.61. The van der Waals surface area contributed by atoms with Crippen LogP contribution in [0.3, 0.4) is 0 Å². The van der Waals surface area contributed by atoms with Crippen LogP contribution in [-0.2, 0) is 25.3 Å². The van der Waals surface area contributed by atoms with Gasteiger partial charge in [-0.25, -0.2) is 13.7 Å². The molecule has 3 atom stereocenters. The monoisotopic (exact) mass is 402 g/mol. The maximum absolute atomic E-state index is 13.5. The third-order valence-corrected chi connectivity index (χ3v) is 5.29. The number of hydrogen-bond acceptors (Lipinski definition) is 4. The zero-order chi connectivity index (χ0) is 20.9. The molecule has 0 aliphatic heterocycles. The molecule has 0 aromatic heterocycles. The number of esters is 1. The highest BCUT2D eigenvalue weighted by molar-refractivity contribution is 7.84. The minimum Gasteiger partial charge on any atom is -0.467 e. The number of carbonyl (C=O) groups is 2. The zero-order valence-corrected chi connectivity index (χ0v) is 17.1. The molecule has 6 nitrogen and oxygen atoms in total. The Labute approximate surface area is 155 Å². The van der Waals surface area contributed by atoms with E-state index in [9.17, 15) is 27.0 Å². The number of nitrogens with one attached hydrogen (secondary N) is 2. The summed E-state index contributed by atoms with van der Waals surface area (Å²) in [5.41, 5.74) is -2.71. The summed E-state index contributed by atoms with van der Waals surface area (Å²) < 4.78 is 58.3. The van der Waals surface area contributed by atoms with Crippen LogP contribution in [0.5, 0.6) is 0 Å². The fourth-order valence-corrected chi connectivity index (χ4v) is 2.85. The van der Waals surface area contributed by atoms with Crippen molar-refractivity contribution >= 4 is 22.9 Å². The Hall–Kier alpha value is -1.16. The van der Waals surface area contributed by atoms with E-state index in [1.807, 2.05) is 4.72 Å². The molecule has 0 saturated heterocycles. The largest absolute Gasteiger partial charge is 0.467 e. The maximum atomic E-state index is 13.5. The first-order chi connectivity index (χ1) is 11.5. The number of rotatable bonds is 8. The Morgan fingerprint density at radius 3 is 1.96 bits per heavy atom. The van der Waals surface area contributed by atoms with Crippen LogP contribution in [-0.4, -0.2) is 45.7 Å². The summed E-state index contributed by atoms with van der Waals surface area (Å²) in [6.45, 7) is 8.92. The van der Waals surface area contributed by atoms with Crippen molar-refractivity contribution in [3.05, 3.63) is 0 Å². The summed E-state index contributed by atoms with van der Waals surface area (Å²) in [6, 6.07) is -1.04. The predicted molar refractivity (Wildman–Crippen MR) is 93.5 cm³/mol. The van der Waals surface area contributed by atoms with E-state index < -0.39 is 51.8 Å². The van der Waals surface area contributed by atoms with E-state index in [1.165, 1.54) is 20.8 Å². The fraction of sp³-hybridized carbons (Fsp3) is 0.875. The van der Waals surface area contributed by atoms with Crippen LogP contribution in [0, 0.1) is 5.92 Å². The topological polar surface area (TPSA) is 84.5 Å². The molecule has 0 aliphatic rings. The quantitative estimate of drug-likeness (QED) is 0.611. The average Bonchev–Trinajstić information content (AvgIpc) is 2.42. The lowest BCUT2D eigenvalue weighted by molar-refractivity contribution is -0.189. The second-order valence-corrected chi connectivity index (χ2v) is 9.73. The van der Waals surface area contributed by atoms with Crippen molar-refractivity contribution in [1.29, 1.82) is 0 Å². The van der Waals surface area contributed by atoms with Crippen molar-refractivity contribution in [3.8, 4) is 0 Å². The molecule has 0 spiro atoms. The number of carbonyl (C=O) groups excluding carboxylic acids is 2. The summed E-state index contributed by atoms with van der Waals surface area (Å²) >= 11 is 0. The van der Waals surface area contributed by atoms with Crippen molar-refractivity contribution in [3.63, 3.8) is 0 Å². The number of halogens is 3. The van der Waals surface area contributed by atoms with Gasteiger partial charge in [-0.05, 0) is 40.0 Å². The van der Waals surface area contributed by atoms with E-state index in [0.29, 0.717) is 0 Å². The Morgan fingerprint density at radius 1 is 1.12 bits per heavy atom. The fourth-order valence-electron chi connectivity index (χ4n) is 1.95. The van der Waals surface area contributed by atoms with Crippen molar-refractivity contribution in [2.24, 2.45) is 5.92 Å². The summed E-state index contributed by atoms with van der Waals surface area (Å²) in [5, 5.41) is 2.29. The maximum Gasteiger partial charge on any atom is 0.407 e. The minimum absolute atomic E-state index is 0.0138. The first-order valence-corrected chi connectivity index (χ1v) is 9.32. The van der Waals surface area contributed by atoms with Crippen molar-refractivity contribution in [2.75, 3.05) is 7.11 Å². The van der Waals surface area contributed by atoms with Crippen molar-refractivity contribution < 1.29 is 31.7 Å². The molecule has 26 heavy (non-hydrogen) atoms. The molecule has 0 aliphatic carbocycles. The van der Waals surface area contributed by atoms with Gasteiger partial charge in [0.15, 0.2) is 0 Å². The first-order valence-electron chi connectivity index (χ1n) is 8.17. The highest BCUT2D eigenvalue weighted by Gasteiger charge is 2.54. The van der Waals surface area contributed by atoms with Gasteiger partial charge in [0.05, 0.1) is 29.3 Å². The Kier molecular flexibility index (Phi) is 8.75. The van der Waals surface area contributed by atoms with Crippen molar-refractivity contribution in [2.45, 2.75) is 76.9 Å². The van der Waals surface area contributed by atoms with Gasteiger partial charge in [-0.3, -0.25) is 4.79 Å². The first kappa shape index (κ1) is 24.8. The summed E-state index contributed by atoms with van der Waals surface area (Å²) in [4.78, 5) is 23.9.